The number of carbonyl (C=O) groups excluding carboxylic acids is 1. The van der Waals surface area contributed by atoms with Crippen LogP contribution in [0.5, 0.6) is 0 Å². The first kappa shape index (κ1) is 24.3. The minimum absolute atomic E-state index is 0.138. The van der Waals surface area contributed by atoms with Crippen molar-refractivity contribution in [3.05, 3.63) is 112 Å². The number of rotatable bonds is 7. The summed E-state index contributed by atoms with van der Waals surface area (Å²) in [5.74, 6) is -0.181. The van der Waals surface area contributed by atoms with E-state index in [1.54, 1.807) is 24.3 Å². The highest BCUT2D eigenvalue weighted by Crippen LogP contribution is 2.35. The first-order valence-electron chi connectivity index (χ1n) is 12.7. The Morgan fingerprint density at radius 1 is 0.974 bits per heavy atom. The number of benzene rings is 3. The third-order valence-corrected chi connectivity index (χ3v) is 7.06. The van der Waals surface area contributed by atoms with Gasteiger partial charge in [0, 0.05) is 28.8 Å². The largest absolute Gasteiger partial charge is 0.478 e. The van der Waals surface area contributed by atoms with Crippen LogP contribution >= 0.6 is 0 Å². The summed E-state index contributed by atoms with van der Waals surface area (Å²) in [5.41, 5.74) is 6.95. The van der Waals surface area contributed by atoms with Crippen LogP contribution in [0.15, 0.2) is 77.2 Å². The molecule has 9 nitrogen and oxygen atoms in total. The number of hydrogen-bond acceptors (Lipinski definition) is 6. The average Bonchev–Trinajstić information content (AvgIpc) is 3.60. The lowest BCUT2D eigenvalue weighted by atomic mass is 9.87. The van der Waals surface area contributed by atoms with Crippen molar-refractivity contribution in [2.45, 2.75) is 32.2 Å². The first-order chi connectivity index (χ1) is 19.0. The smallest absolute Gasteiger partial charge is 0.335 e. The molecular formula is C30H25N5O4. The van der Waals surface area contributed by atoms with Gasteiger partial charge in [0.2, 0.25) is 11.8 Å². The molecule has 1 aliphatic rings. The Balaban J connectivity index is 1.33. The second-order valence-corrected chi connectivity index (χ2v) is 9.54. The molecule has 0 bridgehead atoms. The minimum atomic E-state index is -0.994. The molecule has 9 heteroatoms. The summed E-state index contributed by atoms with van der Waals surface area (Å²) < 4.78 is 5.89. The van der Waals surface area contributed by atoms with Crippen molar-refractivity contribution in [1.82, 2.24) is 25.7 Å². The molecule has 0 radical (unpaired) electrons. The van der Waals surface area contributed by atoms with Crippen molar-refractivity contribution >= 4 is 11.9 Å². The fourth-order valence-corrected chi connectivity index (χ4v) is 5.05. The number of aromatic amines is 1. The summed E-state index contributed by atoms with van der Waals surface area (Å²) in [7, 11) is 0. The molecule has 1 atom stereocenters. The van der Waals surface area contributed by atoms with Gasteiger partial charge >= 0.3 is 5.97 Å². The maximum absolute atomic E-state index is 13.0. The standard InChI is InChI=1S/C30H25N5O4/c1-17-6-5-9-21-22(17)16-24(31-28(21)36)27-26(18-10-12-20(13-11-18)30(37)38)23(32-34-27)14-15-25-33-35-29(39-25)19-7-3-2-4-8-19/h2-13,24H,14-16H2,1H3,(H,31,36)(H,32,34)(H,37,38). The quantitative estimate of drug-likeness (QED) is 0.277. The highest BCUT2D eigenvalue weighted by Gasteiger charge is 2.31. The number of fused-ring (bicyclic) bond motifs is 1. The summed E-state index contributed by atoms with van der Waals surface area (Å²) in [6, 6.07) is 21.6. The highest BCUT2D eigenvalue weighted by molar-refractivity contribution is 5.97. The number of amides is 1. The number of nitrogens with one attached hydrogen (secondary N) is 2. The number of carboxylic acid groups (broad SMARTS) is 1. The SMILES string of the molecule is Cc1cccc2c1CC(c1n[nH]c(CCc3nnc(-c4ccccc4)o3)c1-c1ccc(C(=O)O)cc1)NC2=O. The predicted octanol–water partition coefficient (Wildman–Crippen LogP) is 4.95. The fourth-order valence-electron chi connectivity index (χ4n) is 5.05. The number of carbonyl (C=O) groups is 2. The molecule has 3 N–H and O–H groups in total. The lowest BCUT2D eigenvalue weighted by molar-refractivity contribution is 0.0696. The van der Waals surface area contributed by atoms with Gasteiger partial charge in [-0.05, 0) is 66.8 Å². The molecule has 3 aromatic carbocycles. The zero-order valence-electron chi connectivity index (χ0n) is 21.1. The Morgan fingerprint density at radius 3 is 2.54 bits per heavy atom. The number of H-pyrrole nitrogens is 1. The lowest BCUT2D eigenvalue weighted by Crippen LogP contribution is -2.36. The number of aromatic nitrogens is 4. The lowest BCUT2D eigenvalue weighted by Gasteiger charge is -2.26. The van der Waals surface area contributed by atoms with E-state index in [2.05, 4.69) is 25.7 Å². The van der Waals surface area contributed by atoms with Crippen molar-refractivity contribution in [3.63, 3.8) is 0 Å². The molecule has 6 rings (SSSR count). The molecule has 1 unspecified atom stereocenters. The molecule has 0 saturated carbocycles. The Bertz CT molecular complexity index is 1670. The van der Waals surface area contributed by atoms with Crippen LogP contribution in [0.1, 0.15) is 55.2 Å². The van der Waals surface area contributed by atoms with Crippen LogP contribution in [-0.4, -0.2) is 37.4 Å². The molecule has 3 heterocycles. The Morgan fingerprint density at radius 2 is 1.77 bits per heavy atom. The van der Waals surface area contributed by atoms with Gasteiger partial charge in [-0.25, -0.2) is 4.79 Å². The molecule has 2 aromatic heterocycles. The molecule has 0 fully saturated rings. The van der Waals surface area contributed by atoms with Crippen LogP contribution in [0.25, 0.3) is 22.6 Å². The van der Waals surface area contributed by atoms with Crippen LogP contribution in [0.3, 0.4) is 0 Å². The van der Waals surface area contributed by atoms with Crippen molar-refractivity contribution in [2.24, 2.45) is 0 Å². The zero-order chi connectivity index (χ0) is 26.9. The van der Waals surface area contributed by atoms with E-state index in [1.807, 2.05) is 55.5 Å². The first-order valence-corrected chi connectivity index (χ1v) is 12.7. The van der Waals surface area contributed by atoms with Gasteiger partial charge in [-0.2, -0.15) is 5.10 Å². The zero-order valence-corrected chi connectivity index (χ0v) is 21.1. The molecular weight excluding hydrogens is 494 g/mol. The van der Waals surface area contributed by atoms with Crippen molar-refractivity contribution in [2.75, 3.05) is 0 Å². The van der Waals surface area contributed by atoms with Crippen molar-refractivity contribution in [3.8, 4) is 22.6 Å². The monoisotopic (exact) mass is 519 g/mol. The highest BCUT2D eigenvalue weighted by atomic mass is 16.4. The van der Waals surface area contributed by atoms with Gasteiger partial charge in [0.25, 0.3) is 5.91 Å². The van der Waals surface area contributed by atoms with E-state index in [-0.39, 0.29) is 17.5 Å². The fraction of sp³-hybridized carbons (Fsp3) is 0.167. The molecule has 0 aliphatic carbocycles. The average molecular weight is 520 g/mol. The van der Waals surface area contributed by atoms with Gasteiger partial charge in [-0.1, -0.05) is 42.5 Å². The van der Waals surface area contributed by atoms with E-state index in [0.29, 0.717) is 42.3 Å². The molecule has 39 heavy (non-hydrogen) atoms. The molecule has 1 aliphatic heterocycles. The van der Waals surface area contributed by atoms with E-state index in [0.717, 1.165) is 33.5 Å². The van der Waals surface area contributed by atoms with Gasteiger partial charge in [0.05, 0.1) is 17.3 Å². The molecule has 0 saturated heterocycles. The van der Waals surface area contributed by atoms with Crippen molar-refractivity contribution < 1.29 is 19.1 Å². The predicted molar refractivity (Wildman–Crippen MR) is 143 cm³/mol. The van der Waals surface area contributed by atoms with Crippen molar-refractivity contribution in [1.29, 1.82) is 0 Å². The number of aromatic carboxylic acids is 1. The summed E-state index contributed by atoms with van der Waals surface area (Å²) in [6.45, 7) is 2.00. The normalized spacial score (nSPS) is 14.6. The van der Waals surface area contributed by atoms with Gasteiger partial charge in [-0.15, -0.1) is 10.2 Å². The van der Waals surface area contributed by atoms with Gasteiger partial charge in [-0.3, -0.25) is 9.89 Å². The van der Waals surface area contributed by atoms with Gasteiger partial charge < -0.3 is 14.8 Å². The van der Waals surface area contributed by atoms with Crippen LogP contribution in [0, 0.1) is 6.92 Å². The number of carboxylic acids is 1. The van der Waals surface area contributed by atoms with E-state index >= 15 is 0 Å². The van der Waals surface area contributed by atoms with E-state index < -0.39 is 5.97 Å². The maximum Gasteiger partial charge on any atom is 0.335 e. The Labute approximate surface area is 223 Å². The molecule has 194 valence electrons. The van der Waals surface area contributed by atoms with E-state index in [1.165, 1.54) is 0 Å². The summed E-state index contributed by atoms with van der Waals surface area (Å²) in [6.07, 6.45) is 1.60. The summed E-state index contributed by atoms with van der Waals surface area (Å²) in [4.78, 5) is 24.4. The van der Waals surface area contributed by atoms with Crippen LogP contribution in [0.2, 0.25) is 0 Å². The third kappa shape index (κ3) is 4.70. The number of aryl methyl sites for hydroxylation is 3. The number of nitrogens with zero attached hydrogens (tertiary/aromatic N) is 3. The molecule has 0 spiro atoms. The van der Waals surface area contributed by atoms with Crippen LogP contribution in [-0.2, 0) is 19.3 Å². The second kappa shape index (κ2) is 10.0. The maximum atomic E-state index is 13.0. The second-order valence-electron chi connectivity index (χ2n) is 9.54. The number of hydrogen-bond donors (Lipinski definition) is 3. The van der Waals surface area contributed by atoms with Crippen LogP contribution < -0.4 is 5.32 Å². The van der Waals surface area contributed by atoms with Crippen LogP contribution in [0.4, 0.5) is 0 Å². The summed E-state index contributed by atoms with van der Waals surface area (Å²) >= 11 is 0. The summed E-state index contributed by atoms with van der Waals surface area (Å²) in [5, 5.41) is 28.7. The topological polar surface area (TPSA) is 134 Å². The molecule has 1 amide bonds. The Kier molecular flexibility index (Phi) is 6.24. The van der Waals surface area contributed by atoms with E-state index in [9.17, 15) is 14.7 Å². The van der Waals surface area contributed by atoms with Gasteiger partial charge in [0.15, 0.2) is 0 Å². The minimum Gasteiger partial charge on any atom is -0.478 e. The van der Waals surface area contributed by atoms with E-state index in [4.69, 9.17) is 4.42 Å². The Hall–Kier alpha value is -5.05. The molecule has 5 aromatic rings. The third-order valence-electron chi connectivity index (χ3n) is 7.06. The van der Waals surface area contributed by atoms with Gasteiger partial charge in [0.1, 0.15) is 0 Å².